The van der Waals surface area contributed by atoms with Crippen LogP contribution in [0, 0.1) is 5.82 Å². The molecule has 2 N–H and O–H groups in total. The van der Waals surface area contributed by atoms with E-state index in [-0.39, 0.29) is 18.0 Å². The summed E-state index contributed by atoms with van der Waals surface area (Å²) in [6.07, 6.45) is 1.87. The summed E-state index contributed by atoms with van der Waals surface area (Å²) in [5.74, 6) is -0.252. The molecule has 2 nitrogen and oxygen atoms in total. The molecule has 0 bridgehead atoms. The quantitative estimate of drug-likeness (QED) is 0.919. The molecule has 1 fully saturated rings. The Labute approximate surface area is 96.7 Å². The van der Waals surface area contributed by atoms with Crippen molar-refractivity contribution < 1.29 is 9.13 Å². The highest BCUT2D eigenvalue weighted by Gasteiger charge is 2.40. The average molecular weight is 274 g/mol. The number of hydrogen-bond acceptors (Lipinski definition) is 2. The molecule has 0 spiro atoms. The van der Waals surface area contributed by atoms with E-state index in [2.05, 4.69) is 15.9 Å². The Bertz CT molecular complexity index is 367. The maximum Gasteiger partial charge on any atom is 0.130 e. The van der Waals surface area contributed by atoms with E-state index in [0.29, 0.717) is 5.56 Å². The van der Waals surface area contributed by atoms with Crippen LogP contribution in [0.15, 0.2) is 16.6 Å². The molecule has 0 aromatic heterocycles. The lowest BCUT2D eigenvalue weighted by atomic mass is 10.0. The van der Waals surface area contributed by atoms with Crippen molar-refractivity contribution in [1.82, 2.24) is 0 Å². The van der Waals surface area contributed by atoms with Gasteiger partial charge in [0.15, 0.2) is 0 Å². The fraction of sp³-hybridized carbons (Fsp3) is 0.455. The van der Waals surface area contributed by atoms with Gasteiger partial charge in [-0.15, -0.1) is 0 Å². The van der Waals surface area contributed by atoms with Crippen LogP contribution in [0.2, 0.25) is 0 Å². The zero-order chi connectivity index (χ0) is 11.1. The second-order valence-electron chi connectivity index (χ2n) is 4.01. The minimum atomic E-state index is -0.297. The van der Waals surface area contributed by atoms with Gasteiger partial charge >= 0.3 is 0 Å². The first-order chi connectivity index (χ1) is 7.07. The van der Waals surface area contributed by atoms with Crippen molar-refractivity contribution in [3.8, 4) is 0 Å². The molecule has 2 rings (SSSR count). The molecule has 1 aliphatic carbocycles. The SMILES string of the molecule is COCc1c(F)cc(C2(N)CC2)cc1Br. The predicted octanol–water partition coefficient (Wildman–Crippen LogP) is 2.68. The number of benzene rings is 1. The van der Waals surface area contributed by atoms with Crippen LogP contribution in [-0.2, 0) is 16.9 Å². The van der Waals surface area contributed by atoms with Gasteiger partial charge in [0.05, 0.1) is 6.61 Å². The summed E-state index contributed by atoms with van der Waals surface area (Å²) in [4.78, 5) is 0. The Morgan fingerprint density at radius 2 is 2.20 bits per heavy atom. The highest BCUT2D eigenvalue weighted by molar-refractivity contribution is 9.10. The van der Waals surface area contributed by atoms with Crippen LogP contribution in [0.1, 0.15) is 24.0 Å². The molecule has 1 aromatic rings. The molecule has 0 saturated heterocycles. The number of rotatable bonds is 3. The van der Waals surface area contributed by atoms with Crippen molar-refractivity contribution in [3.63, 3.8) is 0 Å². The minimum absolute atomic E-state index is 0.252. The third-order valence-electron chi connectivity index (χ3n) is 2.79. The largest absolute Gasteiger partial charge is 0.380 e. The van der Waals surface area contributed by atoms with Crippen LogP contribution in [0.25, 0.3) is 0 Å². The molecule has 0 aliphatic heterocycles. The van der Waals surface area contributed by atoms with E-state index in [1.165, 1.54) is 6.07 Å². The normalized spacial score (nSPS) is 17.9. The molecule has 1 saturated carbocycles. The molecule has 1 aliphatic rings. The van der Waals surface area contributed by atoms with E-state index in [0.717, 1.165) is 22.9 Å². The van der Waals surface area contributed by atoms with Crippen LogP contribution in [0.5, 0.6) is 0 Å². The van der Waals surface area contributed by atoms with Gasteiger partial charge in [-0.3, -0.25) is 0 Å². The molecular formula is C11H13BrFNO. The molecule has 0 unspecified atom stereocenters. The molecule has 15 heavy (non-hydrogen) atoms. The van der Waals surface area contributed by atoms with Crippen LogP contribution < -0.4 is 5.73 Å². The molecular weight excluding hydrogens is 261 g/mol. The van der Waals surface area contributed by atoms with Crippen molar-refractivity contribution in [1.29, 1.82) is 0 Å². The summed E-state index contributed by atoms with van der Waals surface area (Å²) in [5, 5.41) is 0. The van der Waals surface area contributed by atoms with E-state index in [9.17, 15) is 4.39 Å². The maximum atomic E-state index is 13.7. The fourth-order valence-electron chi connectivity index (χ4n) is 1.60. The van der Waals surface area contributed by atoms with Crippen molar-refractivity contribution in [2.45, 2.75) is 25.0 Å². The summed E-state index contributed by atoms with van der Waals surface area (Å²) in [7, 11) is 1.55. The Morgan fingerprint density at radius 1 is 1.53 bits per heavy atom. The molecule has 0 radical (unpaired) electrons. The molecule has 0 heterocycles. The number of hydrogen-bond donors (Lipinski definition) is 1. The van der Waals surface area contributed by atoms with Crippen LogP contribution in [-0.4, -0.2) is 7.11 Å². The summed E-state index contributed by atoms with van der Waals surface area (Å²) in [6, 6.07) is 3.41. The summed E-state index contributed by atoms with van der Waals surface area (Å²) in [5.41, 5.74) is 7.13. The smallest absolute Gasteiger partial charge is 0.130 e. The molecule has 82 valence electrons. The third kappa shape index (κ3) is 2.07. The third-order valence-corrected chi connectivity index (χ3v) is 3.50. The van der Waals surface area contributed by atoms with E-state index < -0.39 is 0 Å². The van der Waals surface area contributed by atoms with E-state index in [1.807, 2.05) is 6.07 Å². The Morgan fingerprint density at radius 3 is 2.67 bits per heavy atom. The number of ether oxygens (including phenoxy) is 1. The predicted molar refractivity (Wildman–Crippen MR) is 59.9 cm³/mol. The first-order valence-electron chi connectivity index (χ1n) is 4.83. The van der Waals surface area contributed by atoms with Crippen molar-refractivity contribution in [2.75, 3.05) is 7.11 Å². The standard InChI is InChI=1S/C11H13BrFNO/c1-15-6-8-9(12)4-7(5-10(8)13)11(14)2-3-11/h4-5H,2-3,6,14H2,1H3. The Balaban J connectivity index is 2.38. The molecule has 4 heteroatoms. The van der Waals surface area contributed by atoms with E-state index in [4.69, 9.17) is 10.5 Å². The lowest BCUT2D eigenvalue weighted by Gasteiger charge is -2.13. The van der Waals surface area contributed by atoms with Crippen LogP contribution in [0.3, 0.4) is 0 Å². The van der Waals surface area contributed by atoms with Crippen molar-refractivity contribution in [2.24, 2.45) is 5.73 Å². The van der Waals surface area contributed by atoms with Gasteiger partial charge in [0, 0.05) is 22.7 Å². The van der Waals surface area contributed by atoms with Gasteiger partial charge in [0.1, 0.15) is 5.82 Å². The summed E-state index contributed by atoms with van der Waals surface area (Å²) < 4.78 is 19.4. The first kappa shape index (κ1) is 11.0. The van der Waals surface area contributed by atoms with Gasteiger partial charge < -0.3 is 10.5 Å². The van der Waals surface area contributed by atoms with Crippen LogP contribution >= 0.6 is 15.9 Å². The topological polar surface area (TPSA) is 35.2 Å². The number of nitrogens with two attached hydrogens (primary N) is 1. The Hall–Kier alpha value is -0.450. The lowest BCUT2D eigenvalue weighted by Crippen LogP contribution is -2.19. The number of halogens is 2. The lowest BCUT2D eigenvalue weighted by molar-refractivity contribution is 0.181. The summed E-state index contributed by atoms with van der Waals surface area (Å²) in [6.45, 7) is 0.268. The number of methoxy groups -OCH3 is 1. The van der Waals surface area contributed by atoms with Crippen molar-refractivity contribution in [3.05, 3.63) is 33.5 Å². The molecule has 0 atom stereocenters. The maximum absolute atomic E-state index is 13.7. The van der Waals surface area contributed by atoms with Gasteiger partial charge in [0.2, 0.25) is 0 Å². The minimum Gasteiger partial charge on any atom is -0.380 e. The second kappa shape index (κ2) is 3.85. The average Bonchev–Trinajstić information content (AvgIpc) is 2.91. The van der Waals surface area contributed by atoms with E-state index >= 15 is 0 Å². The molecule has 1 aromatic carbocycles. The fourth-order valence-corrected chi connectivity index (χ4v) is 2.15. The first-order valence-corrected chi connectivity index (χ1v) is 5.62. The monoisotopic (exact) mass is 273 g/mol. The van der Waals surface area contributed by atoms with Crippen LogP contribution in [0.4, 0.5) is 4.39 Å². The van der Waals surface area contributed by atoms with Gasteiger partial charge in [-0.05, 0) is 30.5 Å². The van der Waals surface area contributed by atoms with Gasteiger partial charge in [-0.25, -0.2) is 4.39 Å². The van der Waals surface area contributed by atoms with E-state index in [1.54, 1.807) is 7.11 Å². The zero-order valence-electron chi connectivity index (χ0n) is 8.52. The zero-order valence-corrected chi connectivity index (χ0v) is 10.1. The van der Waals surface area contributed by atoms with Gasteiger partial charge in [0.25, 0.3) is 0 Å². The van der Waals surface area contributed by atoms with Crippen molar-refractivity contribution >= 4 is 15.9 Å². The molecule has 0 amide bonds. The summed E-state index contributed by atoms with van der Waals surface area (Å²) >= 11 is 3.34. The highest BCUT2D eigenvalue weighted by Crippen LogP contribution is 2.44. The highest BCUT2D eigenvalue weighted by atomic mass is 79.9. The van der Waals surface area contributed by atoms with Gasteiger partial charge in [-0.2, -0.15) is 0 Å². The second-order valence-corrected chi connectivity index (χ2v) is 4.86. The Kier molecular flexibility index (Phi) is 2.83. The van der Waals surface area contributed by atoms with Gasteiger partial charge in [-0.1, -0.05) is 15.9 Å².